The van der Waals surface area contributed by atoms with Gasteiger partial charge in [-0.3, -0.25) is 0 Å². The van der Waals surface area contributed by atoms with E-state index in [-0.39, 0.29) is 0 Å². The minimum Gasteiger partial charge on any atom is -0.327 e. The first-order valence-corrected chi connectivity index (χ1v) is 6.35. The summed E-state index contributed by atoms with van der Waals surface area (Å²) in [6, 6.07) is 1.28. The van der Waals surface area contributed by atoms with E-state index in [2.05, 4.69) is 5.32 Å². The Bertz CT molecular complexity index is 164. The summed E-state index contributed by atoms with van der Waals surface area (Å²) in [6.45, 7) is 1.17. The van der Waals surface area contributed by atoms with E-state index < -0.39 is 0 Å². The highest BCUT2D eigenvalue weighted by Gasteiger charge is 2.23. The summed E-state index contributed by atoms with van der Waals surface area (Å²) in [5.74, 6) is 0.754. The van der Waals surface area contributed by atoms with Gasteiger partial charge in [0.1, 0.15) is 0 Å². The molecule has 0 aromatic heterocycles. The van der Waals surface area contributed by atoms with E-state index in [0.29, 0.717) is 6.04 Å². The van der Waals surface area contributed by atoms with Gasteiger partial charge < -0.3 is 11.1 Å². The van der Waals surface area contributed by atoms with E-state index in [9.17, 15) is 0 Å². The molecule has 0 radical (unpaired) electrons. The first-order valence-electron chi connectivity index (χ1n) is 6.35. The second-order valence-electron chi connectivity index (χ2n) is 5.10. The third kappa shape index (κ3) is 2.71. The predicted molar refractivity (Wildman–Crippen MR) is 60.2 cm³/mol. The van der Waals surface area contributed by atoms with Crippen LogP contribution in [0.2, 0.25) is 0 Å². The van der Waals surface area contributed by atoms with Gasteiger partial charge in [-0.25, -0.2) is 0 Å². The van der Waals surface area contributed by atoms with E-state index in [4.69, 9.17) is 5.73 Å². The molecular weight excluding hydrogens is 172 g/mol. The van der Waals surface area contributed by atoms with Crippen LogP contribution in [-0.4, -0.2) is 18.6 Å². The summed E-state index contributed by atoms with van der Waals surface area (Å²) in [5.41, 5.74) is 6.12. The molecule has 2 aliphatic carbocycles. The lowest BCUT2D eigenvalue weighted by Gasteiger charge is -2.29. The molecule has 0 aromatic rings. The van der Waals surface area contributed by atoms with Crippen molar-refractivity contribution in [1.82, 2.24) is 5.32 Å². The first-order chi connectivity index (χ1) is 6.86. The van der Waals surface area contributed by atoms with Crippen molar-refractivity contribution in [2.45, 2.75) is 63.5 Å². The molecule has 2 fully saturated rings. The lowest BCUT2D eigenvalue weighted by molar-refractivity contribution is 0.286. The molecule has 0 aliphatic heterocycles. The number of hydrogen-bond donors (Lipinski definition) is 2. The maximum Gasteiger partial charge on any atom is 0.00792 e. The molecule has 2 nitrogen and oxygen atoms in total. The highest BCUT2D eigenvalue weighted by molar-refractivity contribution is 4.82. The van der Waals surface area contributed by atoms with Gasteiger partial charge in [0.25, 0.3) is 0 Å². The van der Waals surface area contributed by atoms with Crippen LogP contribution in [0.1, 0.15) is 51.4 Å². The van der Waals surface area contributed by atoms with Crippen molar-refractivity contribution >= 4 is 0 Å². The Labute approximate surface area is 87.6 Å². The quantitative estimate of drug-likeness (QED) is 0.725. The van der Waals surface area contributed by atoms with Crippen LogP contribution in [0.5, 0.6) is 0 Å². The molecule has 14 heavy (non-hydrogen) atoms. The molecule has 0 spiro atoms. The van der Waals surface area contributed by atoms with Gasteiger partial charge in [-0.1, -0.05) is 25.7 Å². The van der Waals surface area contributed by atoms with Gasteiger partial charge in [0.2, 0.25) is 0 Å². The van der Waals surface area contributed by atoms with Crippen molar-refractivity contribution in [3.8, 4) is 0 Å². The second kappa shape index (κ2) is 5.13. The van der Waals surface area contributed by atoms with Crippen LogP contribution >= 0.6 is 0 Å². The van der Waals surface area contributed by atoms with E-state index in [1.807, 2.05) is 0 Å². The van der Waals surface area contributed by atoms with E-state index >= 15 is 0 Å². The van der Waals surface area contributed by atoms with Crippen LogP contribution in [-0.2, 0) is 0 Å². The summed E-state index contributed by atoms with van der Waals surface area (Å²) in [4.78, 5) is 0. The number of rotatable bonds is 3. The SMILES string of the molecule is NC1CCCCC1CNC1CCCC1. The summed E-state index contributed by atoms with van der Waals surface area (Å²) >= 11 is 0. The molecule has 2 atom stereocenters. The maximum atomic E-state index is 6.12. The normalized spacial score (nSPS) is 34.9. The maximum absolute atomic E-state index is 6.12. The van der Waals surface area contributed by atoms with Crippen molar-refractivity contribution < 1.29 is 0 Å². The van der Waals surface area contributed by atoms with Gasteiger partial charge in [-0.15, -0.1) is 0 Å². The highest BCUT2D eigenvalue weighted by Crippen LogP contribution is 2.23. The second-order valence-corrected chi connectivity index (χ2v) is 5.10. The van der Waals surface area contributed by atoms with Crippen LogP contribution in [0, 0.1) is 5.92 Å². The molecule has 2 unspecified atom stereocenters. The van der Waals surface area contributed by atoms with Gasteiger partial charge in [0.15, 0.2) is 0 Å². The van der Waals surface area contributed by atoms with Crippen LogP contribution in [0.15, 0.2) is 0 Å². The van der Waals surface area contributed by atoms with Crippen LogP contribution in [0.25, 0.3) is 0 Å². The topological polar surface area (TPSA) is 38.0 Å². The summed E-state index contributed by atoms with van der Waals surface area (Å²) in [7, 11) is 0. The molecule has 2 rings (SSSR count). The van der Waals surface area contributed by atoms with Gasteiger partial charge in [-0.2, -0.15) is 0 Å². The molecule has 0 bridgehead atoms. The molecule has 2 aliphatic rings. The smallest absolute Gasteiger partial charge is 0.00792 e. The molecule has 2 heteroatoms. The van der Waals surface area contributed by atoms with Crippen LogP contribution in [0.3, 0.4) is 0 Å². The van der Waals surface area contributed by atoms with Crippen molar-refractivity contribution in [3.63, 3.8) is 0 Å². The number of nitrogens with two attached hydrogens (primary N) is 1. The van der Waals surface area contributed by atoms with Crippen molar-refractivity contribution in [3.05, 3.63) is 0 Å². The summed E-state index contributed by atoms with van der Waals surface area (Å²) in [6.07, 6.45) is 11.0. The zero-order valence-corrected chi connectivity index (χ0v) is 9.17. The zero-order chi connectivity index (χ0) is 9.80. The zero-order valence-electron chi connectivity index (χ0n) is 9.17. The summed E-state index contributed by atoms with van der Waals surface area (Å²) < 4.78 is 0. The van der Waals surface area contributed by atoms with Gasteiger partial charge in [0.05, 0.1) is 0 Å². The van der Waals surface area contributed by atoms with Crippen molar-refractivity contribution in [1.29, 1.82) is 0 Å². The van der Waals surface area contributed by atoms with Gasteiger partial charge in [0, 0.05) is 12.1 Å². The Balaban J connectivity index is 1.67. The largest absolute Gasteiger partial charge is 0.327 e. The van der Waals surface area contributed by atoms with Crippen LogP contribution in [0.4, 0.5) is 0 Å². The van der Waals surface area contributed by atoms with Gasteiger partial charge in [-0.05, 0) is 38.1 Å². The molecule has 0 aromatic carbocycles. The van der Waals surface area contributed by atoms with Gasteiger partial charge >= 0.3 is 0 Å². The average Bonchev–Trinajstić information content (AvgIpc) is 2.69. The Morgan fingerprint density at radius 2 is 1.57 bits per heavy atom. The van der Waals surface area contributed by atoms with Crippen LogP contribution < -0.4 is 11.1 Å². The monoisotopic (exact) mass is 196 g/mol. The molecule has 0 heterocycles. The minimum atomic E-state index is 0.470. The third-order valence-electron chi connectivity index (χ3n) is 3.99. The van der Waals surface area contributed by atoms with E-state index in [0.717, 1.165) is 12.0 Å². The fourth-order valence-corrected chi connectivity index (χ4v) is 2.94. The third-order valence-corrected chi connectivity index (χ3v) is 3.99. The van der Waals surface area contributed by atoms with Crippen molar-refractivity contribution in [2.24, 2.45) is 11.7 Å². The standard InChI is InChI=1S/C12H24N2/c13-12-8-4-1-5-10(12)9-14-11-6-2-3-7-11/h10-12,14H,1-9,13H2. The lowest BCUT2D eigenvalue weighted by atomic mass is 9.85. The fourth-order valence-electron chi connectivity index (χ4n) is 2.94. The molecule has 2 saturated carbocycles. The Hall–Kier alpha value is -0.0800. The molecule has 0 amide bonds. The minimum absolute atomic E-state index is 0.470. The predicted octanol–water partition coefficient (Wildman–Crippen LogP) is 2.04. The average molecular weight is 196 g/mol. The Kier molecular flexibility index (Phi) is 3.82. The Morgan fingerprint density at radius 3 is 2.29 bits per heavy atom. The molecular formula is C12H24N2. The summed E-state index contributed by atoms with van der Waals surface area (Å²) in [5, 5.41) is 3.70. The van der Waals surface area contributed by atoms with E-state index in [1.165, 1.54) is 57.9 Å². The molecule has 0 saturated heterocycles. The Morgan fingerprint density at radius 1 is 0.929 bits per heavy atom. The van der Waals surface area contributed by atoms with E-state index in [1.54, 1.807) is 0 Å². The molecule has 82 valence electrons. The number of hydrogen-bond acceptors (Lipinski definition) is 2. The van der Waals surface area contributed by atoms with Crippen molar-refractivity contribution in [2.75, 3.05) is 6.54 Å². The fraction of sp³-hybridized carbons (Fsp3) is 1.00. The first kappa shape index (κ1) is 10.4. The molecule has 3 N–H and O–H groups in total. The highest BCUT2D eigenvalue weighted by atomic mass is 14.9. The number of nitrogens with one attached hydrogen (secondary N) is 1. The lowest BCUT2D eigenvalue weighted by Crippen LogP contribution is -2.41.